The molecular weight excluding hydrogens is 402 g/mol. The standard InChI is InChI=1S/C18H13N3O7S/c22-16-5-2-10-19-17(16)20-18(23)12-6-8-14(9-7-12)28-29(26,27)15-4-1-3-13(11-15)21(24)25/h1-11,22H,(H,19,20,23). The number of aromatic nitrogens is 1. The molecule has 0 fully saturated rings. The van der Waals surface area contributed by atoms with Crippen LogP contribution in [-0.2, 0) is 10.1 Å². The molecule has 0 bridgehead atoms. The van der Waals surface area contributed by atoms with Gasteiger partial charge in [0.1, 0.15) is 10.6 Å². The van der Waals surface area contributed by atoms with E-state index in [0.717, 1.165) is 12.1 Å². The van der Waals surface area contributed by atoms with Crippen molar-refractivity contribution in [3.63, 3.8) is 0 Å². The summed E-state index contributed by atoms with van der Waals surface area (Å²) >= 11 is 0. The molecular formula is C18H13N3O7S. The van der Waals surface area contributed by atoms with Crippen molar-refractivity contribution in [2.45, 2.75) is 4.90 Å². The van der Waals surface area contributed by atoms with Gasteiger partial charge in [0.2, 0.25) is 0 Å². The number of nitro benzene ring substituents is 1. The highest BCUT2D eigenvalue weighted by molar-refractivity contribution is 7.87. The summed E-state index contributed by atoms with van der Waals surface area (Å²) in [7, 11) is -4.30. The number of hydrogen-bond acceptors (Lipinski definition) is 8. The van der Waals surface area contributed by atoms with E-state index in [1.807, 2.05) is 0 Å². The number of carbonyl (C=O) groups is 1. The third kappa shape index (κ3) is 4.65. The number of anilines is 1. The Morgan fingerprint density at radius 3 is 2.48 bits per heavy atom. The van der Waals surface area contributed by atoms with Crippen LogP contribution in [0.3, 0.4) is 0 Å². The summed E-state index contributed by atoms with van der Waals surface area (Å²) in [6.45, 7) is 0. The molecule has 0 radical (unpaired) electrons. The van der Waals surface area contributed by atoms with Crippen molar-refractivity contribution < 1.29 is 27.4 Å². The van der Waals surface area contributed by atoms with Gasteiger partial charge in [-0.25, -0.2) is 4.98 Å². The molecule has 1 amide bonds. The summed E-state index contributed by atoms with van der Waals surface area (Å²) in [4.78, 5) is 25.7. The lowest BCUT2D eigenvalue weighted by molar-refractivity contribution is -0.385. The predicted octanol–water partition coefficient (Wildman–Crippen LogP) is 2.72. The quantitative estimate of drug-likeness (QED) is 0.354. The van der Waals surface area contributed by atoms with Gasteiger partial charge in [-0.05, 0) is 42.5 Å². The van der Waals surface area contributed by atoms with Crippen LogP contribution in [0.2, 0.25) is 0 Å². The van der Waals surface area contributed by atoms with E-state index in [0.29, 0.717) is 0 Å². The van der Waals surface area contributed by atoms with Gasteiger partial charge in [-0.15, -0.1) is 0 Å². The average molecular weight is 415 g/mol. The number of benzene rings is 2. The highest BCUT2D eigenvalue weighted by Gasteiger charge is 2.20. The first-order valence-electron chi connectivity index (χ1n) is 8.00. The van der Waals surface area contributed by atoms with Gasteiger partial charge in [0.25, 0.3) is 11.6 Å². The molecule has 148 valence electrons. The van der Waals surface area contributed by atoms with Crippen LogP contribution in [0, 0.1) is 10.1 Å². The van der Waals surface area contributed by atoms with Crippen molar-refractivity contribution in [3.05, 3.63) is 82.5 Å². The van der Waals surface area contributed by atoms with E-state index in [1.165, 1.54) is 54.7 Å². The van der Waals surface area contributed by atoms with Crippen LogP contribution in [0.5, 0.6) is 11.5 Å². The van der Waals surface area contributed by atoms with Gasteiger partial charge < -0.3 is 14.6 Å². The SMILES string of the molecule is O=C(Nc1ncccc1O)c1ccc(OS(=O)(=O)c2cccc([N+](=O)[O-])c2)cc1. The van der Waals surface area contributed by atoms with E-state index in [4.69, 9.17) is 4.18 Å². The molecule has 0 aliphatic carbocycles. The fraction of sp³-hybridized carbons (Fsp3) is 0. The number of amides is 1. The lowest BCUT2D eigenvalue weighted by Gasteiger charge is -2.08. The first kappa shape index (κ1) is 19.8. The second-order valence-electron chi connectivity index (χ2n) is 5.64. The molecule has 0 spiro atoms. The normalized spacial score (nSPS) is 10.9. The number of nitrogens with one attached hydrogen (secondary N) is 1. The monoisotopic (exact) mass is 415 g/mol. The van der Waals surface area contributed by atoms with E-state index in [1.54, 1.807) is 0 Å². The van der Waals surface area contributed by atoms with E-state index in [9.17, 15) is 28.4 Å². The fourth-order valence-electron chi connectivity index (χ4n) is 2.26. The Labute approximate surface area is 164 Å². The zero-order valence-corrected chi connectivity index (χ0v) is 15.4. The molecule has 0 atom stereocenters. The predicted molar refractivity (Wildman–Crippen MR) is 101 cm³/mol. The van der Waals surface area contributed by atoms with Crippen LogP contribution in [0.25, 0.3) is 0 Å². The van der Waals surface area contributed by atoms with Crippen LogP contribution in [-0.4, -0.2) is 29.3 Å². The van der Waals surface area contributed by atoms with E-state index >= 15 is 0 Å². The van der Waals surface area contributed by atoms with Crippen molar-refractivity contribution in [2.24, 2.45) is 0 Å². The van der Waals surface area contributed by atoms with Crippen molar-refractivity contribution >= 4 is 27.5 Å². The summed E-state index contributed by atoms with van der Waals surface area (Å²) in [6, 6.07) is 12.4. The third-order valence-corrected chi connectivity index (χ3v) is 4.90. The Hall–Kier alpha value is -3.99. The topological polar surface area (TPSA) is 149 Å². The minimum absolute atomic E-state index is 0.0222. The molecule has 0 saturated heterocycles. The fourth-order valence-corrected chi connectivity index (χ4v) is 3.23. The molecule has 3 aromatic rings. The molecule has 0 aliphatic heterocycles. The van der Waals surface area contributed by atoms with Gasteiger partial charge in [-0.3, -0.25) is 14.9 Å². The van der Waals surface area contributed by atoms with Gasteiger partial charge >= 0.3 is 10.1 Å². The summed E-state index contributed by atoms with van der Waals surface area (Å²) in [6.07, 6.45) is 1.39. The molecule has 11 heteroatoms. The molecule has 2 N–H and O–H groups in total. The first-order valence-corrected chi connectivity index (χ1v) is 9.41. The van der Waals surface area contributed by atoms with Crippen LogP contribution < -0.4 is 9.50 Å². The molecule has 0 saturated carbocycles. The highest BCUT2D eigenvalue weighted by atomic mass is 32.2. The Morgan fingerprint density at radius 2 is 1.83 bits per heavy atom. The van der Waals surface area contributed by atoms with Crippen LogP contribution in [0.4, 0.5) is 11.5 Å². The summed E-state index contributed by atoms with van der Waals surface area (Å²) in [5.74, 6) is -0.893. The molecule has 29 heavy (non-hydrogen) atoms. The van der Waals surface area contributed by atoms with E-state index in [2.05, 4.69) is 10.3 Å². The second-order valence-corrected chi connectivity index (χ2v) is 7.19. The summed E-state index contributed by atoms with van der Waals surface area (Å²) in [5.41, 5.74) is -0.227. The number of hydrogen-bond donors (Lipinski definition) is 2. The van der Waals surface area contributed by atoms with Gasteiger partial charge in [-0.2, -0.15) is 8.42 Å². The number of carbonyl (C=O) groups excluding carboxylic acids is 1. The second kappa shape index (κ2) is 7.94. The van der Waals surface area contributed by atoms with Crippen LogP contribution in [0.15, 0.2) is 71.8 Å². The average Bonchev–Trinajstić information content (AvgIpc) is 2.70. The molecule has 1 heterocycles. The van der Waals surface area contributed by atoms with E-state index in [-0.39, 0.29) is 33.5 Å². The minimum atomic E-state index is -4.30. The molecule has 3 rings (SSSR count). The van der Waals surface area contributed by atoms with Gasteiger partial charge in [-0.1, -0.05) is 6.07 Å². The third-order valence-electron chi connectivity index (χ3n) is 3.66. The molecule has 10 nitrogen and oxygen atoms in total. The molecule has 0 aliphatic rings. The van der Waals surface area contributed by atoms with Crippen LogP contribution >= 0.6 is 0 Å². The van der Waals surface area contributed by atoms with Gasteiger partial charge in [0.05, 0.1) is 4.92 Å². The first-order chi connectivity index (χ1) is 13.8. The minimum Gasteiger partial charge on any atom is -0.504 e. The number of non-ortho nitro benzene ring substituents is 1. The molecule has 0 unspecified atom stereocenters. The number of pyridine rings is 1. The highest BCUT2D eigenvalue weighted by Crippen LogP contribution is 2.23. The lowest BCUT2D eigenvalue weighted by Crippen LogP contribution is -2.13. The van der Waals surface area contributed by atoms with Crippen molar-refractivity contribution in [1.82, 2.24) is 4.98 Å². The Kier molecular flexibility index (Phi) is 5.41. The van der Waals surface area contributed by atoms with Crippen LogP contribution in [0.1, 0.15) is 10.4 Å². The number of aromatic hydroxyl groups is 1. The number of nitro groups is 1. The van der Waals surface area contributed by atoms with Crippen molar-refractivity contribution in [3.8, 4) is 11.5 Å². The largest absolute Gasteiger partial charge is 0.504 e. The zero-order chi connectivity index (χ0) is 21.0. The molecule has 1 aromatic heterocycles. The summed E-state index contributed by atoms with van der Waals surface area (Å²) < 4.78 is 29.6. The number of nitrogens with zero attached hydrogens (tertiary/aromatic N) is 2. The Balaban J connectivity index is 1.75. The maximum atomic E-state index is 12.3. The van der Waals surface area contributed by atoms with Crippen molar-refractivity contribution in [1.29, 1.82) is 0 Å². The number of rotatable bonds is 6. The van der Waals surface area contributed by atoms with Gasteiger partial charge in [0, 0.05) is 23.9 Å². The summed E-state index contributed by atoms with van der Waals surface area (Å²) in [5, 5.41) is 22.9. The Bertz CT molecular complexity index is 1180. The Morgan fingerprint density at radius 1 is 1.10 bits per heavy atom. The van der Waals surface area contributed by atoms with Gasteiger partial charge in [0.15, 0.2) is 11.6 Å². The lowest BCUT2D eigenvalue weighted by atomic mass is 10.2. The molecule has 2 aromatic carbocycles. The maximum Gasteiger partial charge on any atom is 0.339 e. The zero-order valence-electron chi connectivity index (χ0n) is 14.6. The van der Waals surface area contributed by atoms with E-state index < -0.39 is 20.9 Å². The smallest absolute Gasteiger partial charge is 0.339 e. The van der Waals surface area contributed by atoms with Crippen molar-refractivity contribution in [2.75, 3.05) is 5.32 Å². The maximum absolute atomic E-state index is 12.3.